The number of ether oxygens (including phenoxy) is 1. The number of anilines is 1. The summed E-state index contributed by atoms with van der Waals surface area (Å²) in [7, 11) is 1.68. The Kier molecular flexibility index (Phi) is 5.58. The quantitative estimate of drug-likeness (QED) is 0.582. The maximum absolute atomic E-state index is 5.73. The van der Waals surface area contributed by atoms with Crippen LogP contribution < -0.4 is 10.1 Å². The molecule has 1 N–H and O–H groups in total. The van der Waals surface area contributed by atoms with Crippen LogP contribution in [0.4, 0.5) is 5.69 Å². The molecule has 0 aliphatic carbocycles. The Hall–Kier alpha value is -3.18. The second-order valence-corrected chi connectivity index (χ2v) is 7.44. The predicted octanol–water partition coefficient (Wildman–Crippen LogP) is 5.55. The van der Waals surface area contributed by atoms with Crippen molar-refractivity contribution >= 4 is 28.7 Å². The number of nitrogens with zero attached hydrogens (tertiary/aromatic N) is 2. The first kappa shape index (κ1) is 19.2. The van der Waals surface area contributed by atoms with Crippen molar-refractivity contribution in [3.8, 4) is 5.75 Å². The van der Waals surface area contributed by atoms with E-state index < -0.39 is 0 Å². The first-order valence-electron chi connectivity index (χ1n) is 9.58. The minimum atomic E-state index is 0.0279. The lowest BCUT2D eigenvalue weighted by Gasteiger charge is -2.25. The van der Waals surface area contributed by atoms with Gasteiger partial charge in [0.1, 0.15) is 5.75 Å². The van der Waals surface area contributed by atoms with Crippen LogP contribution in [-0.4, -0.2) is 22.9 Å². The van der Waals surface area contributed by atoms with E-state index in [4.69, 9.17) is 22.1 Å². The van der Waals surface area contributed by atoms with Gasteiger partial charge in [-0.15, -0.1) is 0 Å². The van der Waals surface area contributed by atoms with Crippen LogP contribution in [-0.2, 0) is 0 Å². The van der Waals surface area contributed by atoms with Crippen LogP contribution in [0.3, 0.4) is 0 Å². The van der Waals surface area contributed by atoms with Crippen LogP contribution in [0.1, 0.15) is 29.2 Å². The van der Waals surface area contributed by atoms with Crippen LogP contribution in [0.5, 0.6) is 5.75 Å². The molecule has 0 fully saturated rings. The minimum absolute atomic E-state index is 0.0279. The first-order chi connectivity index (χ1) is 14.1. The highest BCUT2D eigenvalue weighted by Gasteiger charge is 2.31. The van der Waals surface area contributed by atoms with Crippen molar-refractivity contribution in [3.63, 3.8) is 0 Å². The van der Waals surface area contributed by atoms with Gasteiger partial charge in [0, 0.05) is 12.1 Å². The third-order valence-electron chi connectivity index (χ3n) is 5.00. The van der Waals surface area contributed by atoms with E-state index in [0.717, 1.165) is 34.7 Å². The molecule has 5 heteroatoms. The van der Waals surface area contributed by atoms with Gasteiger partial charge in [-0.3, -0.25) is 0 Å². The summed E-state index contributed by atoms with van der Waals surface area (Å²) in [4.78, 5) is 0. The molecule has 1 aliphatic heterocycles. The van der Waals surface area contributed by atoms with Gasteiger partial charge in [0.15, 0.2) is 5.11 Å². The van der Waals surface area contributed by atoms with Gasteiger partial charge >= 0.3 is 0 Å². The smallest absolute Gasteiger partial charge is 0.194 e. The number of rotatable bonds is 4. The van der Waals surface area contributed by atoms with Gasteiger partial charge in [-0.25, -0.2) is 5.01 Å². The molecule has 0 radical (unpaired) electrons. The van der Waals surface area contributed by atoms with Crippen molar-refractivity contribution in [3.05, 3.63) is 95.6 Å². The fourth-order valence-electron chi connectivity index (χ4n) is 3.48. The van der Waals surface area contributed by atoms with Gasteiger partial charge in [-0.05, 0) is 54.5 Å². The number of methoxy groups -OCH3 is 1. The molecule has 0 amide bonds. The average molecular weight is 402 g/mol. The standard InChI is InChI=1S/C24H23N3OS/c1-17-7-6-8-19(15-17)22-16-23(18-11-13-21(28-2)14-12-18)27(26-22)24(29)25-20-9-4-3-5-10-20/h3-15,23H,16H2,1-2H3,(H,25,29)/t23-/m1/s1. The number of hydrogen-bond acceptors (Lipinski definition) is 3. The molecule has 0 unspecified atom stereocenters. The van der Waals surface area contributed by atoms with Gasteiger partial charge in [0.2, 0.25) is 0 Å². The Morgan fingerprint density at radius 3 is 2.48 bits per heavy atom. The molecule has 4 nitrogen and oxygen atoms in total. The number of thiocarbonyl (C=S) groups is 1. The van der Waals surface area contributed by atoms with Crippen molar-refractivity contribution in [2.24, 2.45) is 5.10 Å². The van der Waals surface area contributed by atoms with E-state index in [-0.39, 0.29) is 6.04 Å². The number of benzene rings is 3. The maximum Gasteiger partial charge on any atom is 0.194 e. The van der Waals surface area contributed by atoms with E-state index in [1.807, 2.05) is 47.5 Å². The highest BCUT2D eigenvalue weighted by molar-refractivity contribution is 7.80. The average Bonchev–Trinajstić information content (AvgIpc) is 3.20. The summed E-state index contributed by atoms with van der Waals surface area (Å²) in [6.45, 7) is 2.10. The lowest BCUT2D eigenvalue weighted by Crippen LogP contribution is -2.31. The molecule has 4 rings (SSSR count). The van der Waals surface area contributed by atoms with Gasteiger partial charge in [-0.2, -0.15) is 5.10 Å². The first-order valence-corrected chi connectivity index (χ1v) is 9.98. The van der Waals surface area contributed by atoms with E-state index in [9.17, 15) is 0 Å². The van der Waals surface area contributed by atoms with Crippen molar-refractivity contribution < 1.29 is 4.74 Å². The molecule has 0 spiro atoms. The summed E-state index contributed by atoms with van der Waals surface area (Å²) >= 11 is 5.73. The zero-order valence-corrected chi connectivity index (χ0v) is 17.3. The van der Waals surface area contributed by atoms with E-state index in [0.29, 0.717) is 5.11 Å². The molecule has 146 valence electrons. The Morgan fingerprint density at radius 2 is 1.79 bits per heavy atom. The zero-order valence-electron chi connectivity index (χ0n) is 16.5. The van der Waals surface area contributed by atoms with Crippen molar-refractivity contribution in [2.45, 2.75) is 19.4 Å². The highest BCUT2D eigenvalue weighted by Crippen LogP contribution is 2.34. The number of nitrogens with one attached hydrogen (secondary N) is 1. The summed E-state index contributed by atoms with van der Waals surface area (Å²) in [5.74, 6) is 0.836. The maximum atomic E-state index is 5.73. The van der Waals surface area contributed by atoms with Crippen molar-refractivity contribution in [2.75, 3.05) is 12.4 Å². The number of hydrazone groups is 1. The highest BCUT2D eigenvalue weighted by atomic mass is 32.1. The summed E-state index contributed by atoms with van der Waals surface area (Å²) in [5, 5.41) is 10.7. The zero-order chi connectivity index (χ0) is 20.2. The fraction of sp³-hybridized carbons (Fsp3) is 0.167. The Labute approximate surface area is 176 Å². The second kappa shape index (κ2) is 8.45. The SMILES string of the molecule is COc1ccc([C@H]2CC(c3cccc(C)c3)=NN2C(=S)Nc2ccccc2)cc1. The number of para-hydroxylation sites is 1. The van der Waals surface area contributed by atoms with Gasteiger partial charge in [-0.1, -0.05) is 60.2 Å². The molecule has 3 aromatic rings. The van der Waals surface area contributed by atoms with Crippen LogP contribution in [0.25, 0.3) is 0 Å². The molecule has 0 saturated carbocycles. The normalized spacial score (nSPS) is 15.7. The number of hydrogen-bond donors (Lipinski definition) is 1. The van der Waals surface area contributed by atoms with E-state index >= 15 is 0 Å². The fourth-order valence-corrected chi connectivity index (χ4v) is 3.77. The summed E-state index contributed by atoms with van der Waals surface area (Å²) in [6, 6.07) is 26.5. The van der Waals surface area contributed by atoms with Crippen LogP contribution in [0.15, 0.2) is 84.0 Å². The van der Waals surface area contributed by atoms with E-state index in [2.05, 4.69) is 48.6 Å². The van der Waals surface area contributed by atoms with Crippen LogP contribution >= 0.6 is 12.2 Å². The molecule has 1 aliphatic rings. The second-order valence-electron chi connectivity index (χ2n) is 7.05. The Bertz CT molecular complexity index is 1030. The summed E-state index contributed by atoms with van der Waals surface area (Å²) < 4.78 is 5.31. The molecule has 1 heterocycles. The van der Waals surface area contributed by atoms with Crippen molar-refractivity contribution in [1.29, 1.82) is 0 Å². The Balaban J connectivity index is 1.65. The molecule has 29 heavy (non-hydrogen) atoms. The lowest BCUT2D eigenvalue weighted by molar-refractivity contribution is 0.374. The lowest BCUT2D eigenvalue weighted by atomic mass is 9.98. The molecular formula is C24H23N3OS. The van der Waals surface area contributed by atoms with Gasteiger partial charge in [0.05, 0.1) is 18.9 Å². The molecule has 3 aromatic carbocycles. The molecule has 0 bridgehead atoms. The van der Waals surface area contributed by atoms with E-state index in [1.54, 1.807) is 7.11 Å². The molecule has 1 atom stereocenters. The topological polar surface area (TPSA) is 36.9 Å². The summed E-state index contributed by atoms with van der Waals surface area (Å²) in [5.41, 5.74) is 5.48. The number of aryl methyl sites for hydroxylation is 1. The third kappa shape index (κ3) is 4.30. The monoisotopic (exact) mass is 401 g/mol. The summed E-state index contributed by atoms with van der Waals surface area (Å²) in [6.07, 6.45) is 0.784. The van der Waals surface area contributed by atoms with Crippen LogP contribution in [0, 0.1) is 6.92 Å². The van der Waals surface area contributed by atoms with Gasteiger partial charge < -0.3 is 10.1 Å². The predicted molar refractivity (Wildman–Crippen MR) is 123 cm³/mol. The van der Waals surface area contributed by atoms with Gasteiger partial charge in [0.25, 0.3) is 0 Å². The van der Waals surface area contributed by atoms with E-state index in [1.165, 1.54) is 5.56 Å². The van der Waals surface area contributed by atoms with Crippen LogP contribution in [0.2, 0.25) is 0 Å². The minimum Gasteiger partial charge on any atom is -0.497 e. The third-order valence-corrected chi connectivity index (χ3v) is 5.28. The molecule has 0 saturated heterocycles. The molecular weight excluding hydrogens is 378 g/mol. The largest absolute Gasteiger partial charge is 0.497 e. The molecule has 0 aromatic heterocycles. The van der Waals surface area contributed by atoms with Crippen molar-refractivity contribution in [1.82, 2.24) is 5.01 Å². The Morgan fingerprint density at radius 1 is 1.03 bits per heavy atom.